The van der Waals surface area contributed by atoms with E-state index in [4.69, 9.17) is 5.26 Å². The molecule has 0 amide bonds. The lowest BCUT2D eigenvalue weighted by Gasteiger charge is -2.11. The Kier molecular flexibility index (Phi) is 3.23. The van der Waals surface area contributed by atoms with Gasteiger partial charge in [-0.25, -0.2) is 0 Å². The lowest BCUT2D eigenvalue weighted by atomic mass is 10.2. The van der Waals surface area contributed by atoms with Crippen LogP contribution in [0.4, 0.5) is 5.69 Å². The van der Waals surface area contributed by atoms with Crippen LogP contribution in [-0.4, -0.2) is 0 Å². The third kappa shape index (κ3) is 2.41. The average molecular weight is 228 g/mol. The van der Waals surface area contributed by atoms with E-state index in [9.17, 15) is 0 Å². The molecule has 80 valence electrons. The van der Waals surface area contributed by atoms with Gasteiger partial charge in [0, 0.05) is 10.6 Å². The van der Waals surface area contributed by atoms with E-state index in [-0.39, 0.29) is 6.04 Å². The third-order valence-corrected chi connectivity index (χ3v) is 3.26. The Labute approximate surface area is 99.2 Å². The van der Waals surface area contributed by atoms with Gasteiger partial charge in [0.1, 0.15) is 6.04 Å². The molecule has 0 fully saturated rings. The summed E-state index contributed by atoms with van der Waals surface area (Å²) < 4.78 is 0. The van der Waals surface area contributed by atoms with E-state index in [1.165, 1.54) is 5.56 Å². The van der Waals surface area contributed by atoms with Crippen molar-refractivity contribution in [3.8, 4) is 6.07 Å². The van der Waals surface area contributed by atoms with Crippen molar-refractivity contribution in [2.45, 2.75) is 13.0 Å². The molecular weight excluding hydrogens is 216 g/mol. The van der Waals surface area contributed by atoms with Crippen LogP contribution in [0.15, 0.2) is 41.8 Å². The zero-order valence-corrected chi connectivity index (χ0v) is 9.79. The third-order valence-electron chi connectivity index (χ3n) is 2.32. The molecule has 2 rings (SSSR count). The normalized spacial score (nSPS) is 11.8. The van der Waals surface area contributed by atoms with E-state index in [2.05, 4.69) is 11.4 Å². The number of nitriles is 1. The van der Waals surface area contributed by atoms with E-state index in [1.807, 2.05) is 48.7 Å². The maximum Gasteiger partial charge on any atom is 0.149 e. The summed E-state index contributed by atoms with van der Waals surface area (Å²) in [6.45, 7) is 2.05. The van der Waals surface area contributed by atoms with Crippen LogP contribution in [0.5, 0.6) is 0 Å². The van der Waals surface area contributed by atoms with Gasteiger partial charge in [0.15, 0.2) is 0 Å². The Hall–Kier alpha value is -1.79. The minimum atomic E-state index is -0.261. The van der Waals surface area contributed by atoms with Gasteiger partial charge in [-0.2, -0.15) is 5.26 Å². The molecule has 0 bridgehead atoms. The van der Waals surface area contributed by atoms with Crippen LogP contribution >= 0.6 is 11.3 Å². The second-order valence-electron chi connectivity index (χ2n) is 3.59. The summed E-state index contributed by atoms with van der Waals surface area (Å²) in [5, 5.41) is 14.3. The summed E-state index contributed by atoms with van der Waals surface area (Å²) in [5.74, 6) is 0. The Morgan fingerprint density at radius 2 is 2.00 bits per heavy atom. The first kappa shape index (κ1) is 10.7. The Bertz CT molecular complexity index is 480. The number of hydrogen-bond donors (Lipinski definition) is 1. The van der Waals surface area contributed by atoms with E-state index < -0.39 is 0 Å². The standard InChI is InChI=1S/C13H12N2S/c1-10-4-6-11(7-5-10)15-12(9-14)13-3-2-8-16-13/h2-8,12,15H,1H3. The summed E-state index contributed by atoms with van der Waals surface area (Å²) >= 11 is 1.59. The van der Waals surface area contributed by atoms with Crippen molar-refractivity contribution in [2.24, 2.45) is 0 Å². The molecule has 1 N–H and O–H groups in total. The Morgan fingerprint density at radius 3 is 2.56 bits per heavy atom. The highest BCUT2D eigenvalue weighted by molar-refractivity contribution is 7.10. The van der Waals surface area contributed by atoms with Crippen LogP contribution in [-0.2, 0) is 0 Å². The highest BCUT2D eigenvalue weighted by Gasteiger charge is 2.10. The van der Waals surface area contributed by atoms with Gasteiger partial charge in [0.25, 0.3) is 0 Å². The minimum Gasteiger partial charge on any atom is -0.366 e. The number of anilines is 1. The Balaban J connectivity index is 2.14. The molecule has 0 aliphatic rings. The fourth-order valence-corrected chi connectivity index (χ4v) is 2.16. The lowest BCUT2D eigenvalue weighted by molar-refractivity contribution is 1.03. The van der Waals surface area contributed by atoms with Gasteiger partial charge in [-0.05, 0) is 30.5 Å². The molecule has 1 heterocycles. The van der Waals surface area contributed by atoms with Gasteiger partial charge in [-0.3, -0.25) is 0 Å². The molecule has 0 saturated carbocycles. The number of benzene rings is 1. The summed E-state index contributed by atoms with van der Waals surface area (Å²) in [4.78, 5) is 1.04. The fourth-order valence-electron chi connectivity index (χ4n) is 1.44. The number of rotatable bonds is 3. The van der Waals surface area contributed by atoms with Crippen LogP contribution in [0.3, 0.4) is 0 Å². The molecule has 1 unspecified atom stereocenters. The maximum atomic E-state index is 9.11. The van der Waals surface area contributed by atoms with Crippen molar-refractivity contribution in [2.75, 3.05) is 5.32 Å². The van der Waals surface area contributed by atoms with Crippen molar-refractivity contribution in [3.05, 3.63) is 52.2 Å². The number of thiophene rings is 1. The molecule has 0 saturated heterocycles. The van der Waals surface area contributed by atoms with Crippen LogP contribution < -0.4 is 5.32 Å². The summed E-state index contributed by atoms with van der Waals surface area (Å²) in [6.07, 6.45) is 0. The zero-order chi connectivity index (χ0) is 11.4. The summed E-state index contributed by atoms with van der Waals surface area (Å²) in [5.41, 5.74) is 2.20. The molecule has 0 aliphatic carbocycles. The zero-order valence-electron chi connectivity index (χ0n) is 8.97. The summed E-state index contributed by atoms with van der Waals surface area (Å²) in [6, 6.07) is 14.0. The quantitative estimate of drug-likeness (QED) is 0.868. The second-order valence-corrected chi connectivity index (χ2v) is 4.57. The minimum absolute atomic E-state index is 0.261. The molecular formula is C13H12N2S. The van der Waals surface area contributed by atoms with E-state index in [0.717, 1.165) is 10.6 Å². The van der Waals surface area contributed by atoms with Gasteiger partial charge in [0.05, 0.1) is 6.07 Å². The fraction of sp³-hybridized carbons (Fsp3) is 0.154. The van der Waals surface area contributed by atoms with Crippen molar-refractivity contribution >= 4 is 17.0 Å². The van der Waals surface area contributed by atoms with Crippen molar-refractivity contribution in [3.63, 3.8) is 0 Å². The van der Waals surface area contributed by atoms with E-state index in [1.54, 1.807) is 11.3 Å². The van der Waals surface area contributed by atoms with Gasteiger partial charge in [-0.15, -0.1) is 11.3 Å². The number of nitrogens with zero attached hydrogens (tertiary/aromatic N) is 1. The predicted molar refractivity (Wildman–Crippen MR) is 67.5 cm³/mol. The number of aryl methyl sites for hydroxylation is 1. The monoisotopic (exact) mass is 228 g/mol. The molecule has 1 atom stereocenters. The SMILES string of the molecule is Cc1ccc(NC(C#N)c2cccs2)cc1. The topological polar surface area (TPSA) is 35.8 Å². The first-order chi connectivity index (χ1) is 7.79. The van der Waals surface area contributed by atoms with Crippen LogP contribution in [0.1, 0.15) is 16.5 Å². The molecule has 0 radical (unpaired) electrons. The second kappa shape index (κ2) is 4.82. The molecule has 1 aromatic carbocycles. The molecule has 0 aliphatic heterocycles. The van der Waals surface area contributed by atoms with Crippen LogP contribution in [0.2, 0.25) is 0 Å². The molecule has 1 aromatic heterocycles. The van der Waals surface area contributed by atoms with Crippen LogP contribution in [0, 0.1) is 18.3 Å². The maximum absolute atomic E-state index is 9.11. The molecule has 0 spiro atoms. The molecule has 16 heavy (non-hydrogen) atoms. The van der Waals surface area contributed by atoms with Crippen molar-refractivity contribution in [1.82, 2.24) is 0 Å². The molecule has 3 heteroatoms. The lowest BCUT2D eigenvalue weighted by Crippen LogP contribution is -2.06. The van der Waals surface area contributed by atoms with Crippen molar-refractivity contribution < 1.29 is 0 Å². The highest BCUT2D eigenvalue weighted by Crippen LogP contribution is 2.23. The van der Waals surface area contributed by atoms with E-state index >= 15 is 0 Å². The van der Waals surface area contributed by atoms with Gasteiger partial charge in [0.2, 0.25) is 0 Å². The molecule has 2 nitrogen and oxygen atoms in total. The first-order valence-electron chi connectivity index (χ1n) is 5.06. The predicted octanol–water partition coefficient (Wildman–Crippen LogP) is 3.73. The van der Waals surface area contributed by atoms with Gasteiger partial charge < -0.3 is 5.32 Å². The largest absolute Gasteiger partial charge is 0.366 e. The van der Waals surface area contributed by atoms with Crippen molar-refractivity contribution in [1.29, 1.82) is 5.26 Å². The van der Waals surface area contributed by atoms with Gasteiger partial charge >= 0.3 is 0 Å². The first-order valence-corrected chi connectivity index (χ1v) is 5.94. The van der Waals surface area contributed by atoms with Gasteiger partial charge in [-0.1, -0.05) is 23.8 Å². The summed E-state index contributed by atoms with van der Waals surface area (Å²) in [7, 11) is 0. The number of nitrogens with one attached hydrogen (secondary N) is 1. The van der Waals surface area contributed by atoms with E-state index in [0.29, 0.717) is 0 Å². The molecule has 2 aromatic rings. The van der Waals surface area contributed by atoms with Crippen LogP contribution in [0.25, 0.3) is 0 Å². The average Bonchev–Trinajstić information content (AvgIpc) is 2.82. The Morgan fingerprint density at radius 1 is 1.25 bits per heavy atom. The smallest absolute Gasteiger partial charge is 0.149 e. The highest BCUT2D eigenvalue weighted by atomic mass is 32.1. The number of hydrogen-bond acceptors (Lipinski definition) is 3.